The fourth-order valence-electron chi connectivity index (χ4n) is 1.60. The molecule has 0 aromatic heterocycles. The number of urea groups is 1. The highest BCUT2D eigenvalue weighted by Crippen LogP contribution is 2.21. The second kappa shape index (κ2) is 3.57. The topological polar surface area (TPSA) is 61.4 Å². The maximum Gasteiger partial charge on any atom is 0.315 e. The molecule has 4 heteroatoms. The molecule has 2 amide bonds. The third-order valence-corrected chi connectivity index (χ3v) is 2.30. The minimum absolute atomic E-state index is 0.0100. The Kier molecular flexibility index (Phi) is 2.26. The van der Waals surface area contributed by atoms with Crippen molar-refractivity contribution >= 4 is 6.03 Å². The largest absolute Gasteiger partial charge is 0.508 e. The molecule has 2 rings (SSSR count). The summed E-state index contributed by atoms with van der Waals surface area (Å²) >= 11 is 0. The van der Waals surface area contributed by atoms with Gasteiger partial charge in [-0.2, -0.15) is 0 Å². The van der Waals surface area contributed by atoms with Crippen molar-refractivity contribution in [3.05, 3.63) is 29.8 Å². The second-order valence-corrected chi connectivity index (χ2v) is 3.34. The molecule has 1 fully saturated rings. The minimum atomic E-state index is -0.149. The number of rotatable bonds is 1. The van der Waals surface area contributed by atoms with E-state index in [1.165, 1.54) is 0 Å². The summed E-state index contributed by atoms with van der Waals surface area (Å²) in [7, 11) is 0. The predicted molar refractivity (Wildman–Crippen MR) is 52.0 cm³/mol. The van der Waals surface area contributed by atoms with Gasteiger partial charge in [0.05, 0.1) is 6.04 Å². The molecule has 74 valence electrons. The van der Waals surface area contributed by atoms with E-state index >= 15 is 0 Å². The number of benzene rings is 1. The van der Waals surface area contributed by atoms with Crippen molar-refractivity contribution in [3.8, 4) is 5.75 Å². The molecule has 1 heterocycles. The van der Waals surface area contributed by atoms with Crippen LogP contribution in [-0.2, 0) is 0 Å². The molecule has 0 aliphatic carbocycles. The Morgan fingerprint density at radius 2 is 2.29 bits per heavy atom. The molecule has 4 nitrogen and oxygen atoms in total. The fraction of sp³-hybridized carbons (Fsp3) is 0.300. The zero-order valence-corrected chi connectivity index (χ0v) is 7.66. The van der Waals surface area contributed by atoms with Gasteiger partial charge in [-0.15, -0.1) is 0 Å². The third kappa shape index (κ3) is 1.79. The molecule has 1 aromatic rings. The number of nitrogens with one attached hydrogen (secondary N) is 2. The number of hydrogen-bond acceptors (Lipinski definition) is 2. The van der Waals surface area contributed by atoms with E-state index in [2.05, 4.69) is 10.6 Å². The number of amides is 2. The maximum absolute atomic E-state index is 11.0. The first-order chi connectivity index (χ1) is 6.75. The van der Waals surface area contributed by atoms with E-state index < -0.39 is 0 Å². The summed E-state index contributed by atoms with van der Waals surface area (Å²) in [4.78, 5) is 11.0. The van der Waals surface area contributed by atoms with Crippen molar-refractivity contribution in [2.24, 2.45) is 0 Å². The van der Waals surface area contributed by atoms with Crippen LogP contribution in [0.15, 0.2) is 24.3 Å². The lowest BCUT2D eigenvalue weighted by molar-refractivity contribution is 0.229. The molecular weight excluding hydrogens is 180 g/mol. The van der Waals surface area contributed by atoms with Gasteiger partial charge in [-0.25, -0.2) is 4.79 Å². The van der Waals surface area contributed by atoms with Gasteiger partial charge in [-0.05, 0) is 24.1 Å². The van der Waals surface area contributed by atoms with Gasteiger partial charge in [0.1, 0.15) is 5.75 Å². The third-order valence-electron chi connectivity index (χ3n) is 2.30. The zero-order valence-electron chi connectivity index (χ0n) is 7.66. The van der Waals surface area contributed by atoms with E-state index in [1.807, 2.05) is 6.07 Å². The van der Waals surface area contributed by atoms with Crippen molar-refractivity contribution < 1.29 is 9.90 Å². The first-order valence-electron chi connectivity index (χ1n) is 4.59. The second-order valence-electron chi connectivity index (χ2n) is 3.34. The van der Waals surface area contributed by atoms with Crippen LogP contribution < -0.4 is 10.6 Å². The number of phenols is 1. The zero-order chi connectivity index (χ0) is 9.97. The van der Waals surface area contributed by atoms with Gasteiger partial charge in [0.2, 0.25) is 0 Å². The monoisotopic (exact) mass is 192 g/mol. The smallest absolute Gasteiger partial charge is 0.315 e. The lowest BCUT2D eigenvalue weighted by Crippen LogP contribution is -2.44. The molecule has 0 saturated carbocycles. The Balaban J connectivity index is 2.17. The highest BCUT2D eigenvalue weighted by atomic mass is 16.3. The molecule has 1 atom stereocenters. The summed E-state index contributed by atoms with van der Waals surface area (Å²) in [5, 5.41) is 14.8. The molecule has 0 radical (unpaired) electrons. The van der Waals surface area contributed by atoms with Crippen molar-refractivity contribution in [2.45, 2.75) is 12.5 Å². The highest BCUT2D eigenvalue weighted by molar-refractivity contribution is 5.75. The Hall–Kier alpha value is -1.71. The summed E-state index contributed by atoms with van der Waals surface area (Å²) < 4.78 is 0. The SMILES string of the molecule is O=C1NCCC(c2cccc(O)c2)N1. The average Bonchev–Trinajstić information content (AvgIpc) is 2.18. The van der Waals surface area contributed by atoms with Crippen LogP contribution in [0.3, 0.4) is 0 Å². The Morgan fingerprint density at radius 3 is 3.00 bits per heavy atom. The predicted octanol–water partition coefficient (Wildman–Crippen LogP) is 1.14. The normalized spacial score (nSPS) is 21.1. The van der Waals surface area contributed by atoms with Crippen LogP contribution in [0.4, 0.5) is 4.79 Å². The van der Waals surface area contributed by atoms with Crippen molar-refractivity contribution in [2.75, 3.05) is 6.54 Å². The Labute approximate surface area is 81.9 Å². The number of hydrogen-bond donors (Lipinski definition) is 3. The number of carbonyl (C=O) groups excluding carboxylic acids is 1. The van der Waals surface area contributed by atoms with E-state index in [0.29, 0.717) is 6.54 Å². The molecule has 1 unspecified atom stereocenters. The summed E-state index contributed by atoms with van der Waals surface area (Å²) in [6.07, 6.45) is 0.842. The van der Waals surface area contributed by atoms with Gasteiger partial charge in [-0.1, -0.05) is 12.1 Å². The van der Waals surface area contributed by atoms with E-state index in [1.54, 1.807) is 18.2 Å². The van der Waals surface area contributed by atoms with E-state index in [9.17, 15) is 9.90 Å². The number of carbonyl (C=O) groups is 1. The first kappa shape index (κ1) is 8.87. The summed E-state index contributed by atoms with van der Waals surface area (Å²) in [6.45, 7) is 0.673. The van der Waals surface area contributed by atoms with Crippen LogP contribution in [0.2, 0.25) is 0 Å². The van der Waals surface area contributed by atoms with Crippen LogP contribution >= 0.6 is 0 Å². The van der Waals surface area contributed by atoms with E-state index in [4.69, 9.17) is 0 Å². The van der Waals surface area contributed by atoms with Gasteiger partial charge < -0.3 is 15.7 Å². The lowest BCUT2D eigenvalue weighted by Gasteiger charge is -2.24. The molecule has 1 aromatic carbocycles. The lowest BCUT2D eigenvalue weighted by atomic mass is 10.0. The van der Waals surface area contributed by atoms with Gasteiger partial charge >= 0.3 is 6.03 Å². The van der Waals surface area contributed by atoms with Crippen LogP contribution in [-0.4, -0.2) is 17.7 Å². The standard InChI is InChI=1S/C10H12N2O2/c13-8-3-1-2-7(6-8)9-4-5-11-10(14)12-9/h1-3,6,9,13H,4-5H2,(H2,11,12,14). The van der Waals surface area contributed by atoms with Crippen molar-refractivity contribution in [3.63, 3.8) is 0 Å². The molecule has 1 aliphatic heterocycles. The summed E-state index contributed by atoms with van der Waals surface area (Å²) in [5.41, 5.74) is 0.944. The molecule has 0 spiro atoms. The first-order valence-corrected chi connectivity index (χ1v) is 4.59. The van der Waals surface area contributed by atoms with E-state index in [-0.39, 0.29) is 17.8 Å². The van der Waals surface area contributed by atoms with Gasteiger partial charge in [0.25, 0.3) is 0 Å². The summed E-state index contributed by atoms with van der Waals surface area (Å²) in [5.74, 6) is 0.232. The van der Waals surface area contributed by atoms with Crippen LogP contribution in [0.1, 0.15) is 18.0 Å². The quantitative estimate of drug-likeness (QED) is 0.624. The minimum Gasteiger partial charge on any atom is -0.508 e. The van der Waals surface area contributed by atoms with Gasteiger partial charge in [0, 0.05) is 6.54 Å². The molecule has 1 aliphatic rings. The van der Waals surface area contributed by atoms with Crippen LogP contribution in [0.5, 0.6) is 5.75 Å². The fourth-order valence-corrected chi connectivity index (χ4v) is 1.60. The molecular formula is C10H12N2O2. The Bertz CT molecular complexity index is 352. The highest BCUT2D eigenvalue weighted by Gasteiger charge is 2.18. The number of phenolic OH excluding ortho intramolecular Hbond substituents is 1. The number of aromatic hydroxyl groups is 1. The molecule has 14 heavy (non-hydrogen) atoms. The van der Waals surface area contributed by atoms with Crippen LogP contribution in [0, 0.1) is 0 Å². The van der Waals surface area contributed by atoms with Gasteiger partial charge in [-0.3, -0.25) is 0 Å². The average molecular weight is 192 g/mol. The van der Waals surface area contributed by atoms with Crippen molar-refractivity contribution in [1.82, 2.24) is 10.6 Å². The van der Waals surface area contributed by atoms with Gasteiger partial charge in [0.15, 0.2) is 0 Å². The maximum atomic E-state index is 11.0. The molecule has 0 bridgehead atoms. The molecule has 3 N–H and O–H groups in total. The van der Waals surface area contributed by atoms with E-state index in [0.717, 1.165) is 12.0 Å². The van der Waals surface area contributed by atoms with Crippen molar-refractivity contribution in [1.29, 1.82) is 0 Å². The Morgan fingerprint density at radius 1 is 1.43 bits per heavy atom. The molecule has 1 saturated heterocycles. The van der Waals surface area contributed by atoms with Crippen LogP contribution in [0.25, 0.3) is 0 Å². The summed E-state index contributed by atoms with van der Waals surface area (Å²) in [6, 6.07) is 6.83.